The van der Waals surface area contributed by atoms with Gasteiger partial charge in [-0.25, -0.2) is 9.97 Å². The van der Waals surface area contributed by atoms with E-state index in [0.29, 0.717) is 35.5 Å². The smallest absolute Gasteiger partial charge is 0.0995 e. The number of fused-ring (bicyclic) bond motifs is 2. The van der Waals surface area contributed by atoms with Crippen molar-refractivity contribution in [3.63, 3.8) is 0 Å². The molecule has 4 aliphatic carbocycles. The first-order valence-corrected chi connectivity index (χ1v) is 24.1. The fourth-order valence-corrected chi connectivity index (χ4v) is 11.3. The molecule has 2 atom stereocenters. The van der Waals surface area contributed by atoms with E-state index in [1.807, 2.05) is 25.0 Å². The molecule has 4 saturated carbocycles. The predicted molar refractivity (Wildman–Crippen MR) is 257 cm³/mol. The molecule has 4 aromatic carbocycles. The molecule has 0 unspecified atom stereocenters. The quantitative estimate of drug-likeness (QED) is 0.144. The number of pyridine rings is 2. The van der Waals surface area contributed by atoms with Crippen LogP contribution in [0.1, 0.15) is 147 Å². The highest BCUT2D eigenvalue weighted by molar-refractivity contribution is 5.64. The summed E-state index contributed by atoms with van der Waals surface area (Å²) >= 11 is 0. The Kier molecular flexibility index (Phi) is 11.5. The number of rotatable bonds is 10. The Labute approximate surface area is 377 Å². The molecule has 64 heavy (non-hydrogen) atoms. The first-order valence-electron chi connectivity index (χ1n) is 24.1. The van der Waals surface area contributed by atoms with E-state index < -0.39 is 12.2 Å². The van der Waals surface area contributed by atoms with Crippen molar-refractivity contribution in [3.8, 4) is 22.3 Å². The van der Waals surface area contributed by atoms with Crippen LogP contribution in [0.25, 0.3) is 33.3 Å². The number of aliphatic hydroxyl groups excluding tert-OH is 2. The van der Waals surface area contributed by atoms with Crippen molar-refractivity contribution in [1.82, 2.24) is 18.8 Å². The summed E-state index contributed by atoms with van der Waals surface area (Å²) in [6.07, 6.45) is 20.5. The zero-order valence-corrected chi connectivity index (χ0v) is 36.8. The Morgan fingerprint density at radius 3 is 1.08 bits per heavy atom. The van der Waals surface area contributed by atoms with Gasteiger partial charge in [0.15, 0.2) is 0 Å². The van der Waals surface area contributed by atoms with Gasteiger partial charge in [-0.3, -0.25) is 0 Å². The minimum absolute atomic E-state index is 0.320. The van der Waals surface area contributed by atoms with Crippen molar-refractivity contribution in [2.75, 3.05) is 0 Å². The second-order valence-corrected chi connectivity index (χ2v) is 19.4. The summed E-state index contributed by atoms with van der Waals surface area (Å²) in [6.45, 7) is 0. The van der Waals surface area contributed by atoms with E-state index in [9.17, 15) is 10.2 Å². The number of nitrogens with zero attached hydrogens (tertiary/aromatic N) is 4. The van der Waals surface area contributed by atoms with Crippen LogP contribution in [0.3, 0.4) is 0 Å². The van der Waals surface area contributed by atoms with Crippen LogP contribution in [0.15, 0.2) is 159 Å². The molecule has 0 amide bonds. The highest BCUT2D eigenvalue weighted by Gasteiger charge is 2.36. The van der Waals surface area contributed by atoms with Crippen molar-refractivity contribution < 1.29 is 10.2 Å². The standard InChI is InChI=1S/2C29H30N2O/c2*32-29(28-27(24-12-13-24)17-16-26-18-30-19-31(26)28)25-14-10-23(11-15-25)22-8-6-21(7-9-22)20-4-2-1-3-5-20/h2*1-9,16-19,23-25,29,32H,10-15H2/t2*23?,25?,29-/m10/s1. The van der Waals surface area contributed by atoms with Gasteiger partial charge >= 0.3 is 0 Å². The Morgan fingerprint density at radius 1 is 0.375 bits per heavy atom. The third kappa shape index (κ3) is 8.46. The molecule has 6 nitrogen and oxygen atoms in total. The van der Waals surface area contributed by atoms with E-state index in [0.717, 1.165) is 73.8 Å². The van der Waals surface area contributed by atoms with Gasteiger partial charge in [0.1, 0.15) is 0 Å². The molecule has 12 rings (SSSR count). The van der Waals surface area contributed by atoms with Gasteiger partial charge in [-0.05, 0) is 169 Å². The van der Waals surface area contributed by atoms with Gasteiger partial charge in [-0.1, -0.05) is 121 Å². The summed E-state index contributed by atoms with van der Waals surface area (Å²) in [6, 6.07) is 48.2. The van der Waals surface area contributed by atoms with Crippen LogP contribution in [0, 0.1) is 11.8 Å². The third-order valence-electron chi connectivity index (χ3n) is 15.3. The largest absolute Gasteiger partial charge is 0.387 e. The second kappa shape index (κ2) is 18.0. The minimum atomic E-state index is -0.412. The summed E-state index contributed by atoms with van der Waals surface area (Å²) < 4.78 is 4.26. The third-order valence-corrected chi connectivity index (χ3v) is 15.3. The molecule has 6 heteroatoms. The lowest BCUT2D eigenvalue weighted by atomic mass is 9.75. The topological polar surface area (TPSA) is 75.1 Å². The fraction of sp³-hybridized carbons (Fsp3) is 0.345. The maximum absolute atomic E-state index is 11.5. The lowest BCUT2D eigenvalue weighted by Gasteiger charge is -2.33. The van der Waals surface area contributed by atoms with Crippen molar-refractivity contribution in [2.24, 2.45) is 11.8 Å². The lowest BCUT2D eigenvalue weighted by Crippen LogP contribution is -2.22. The maximum Gasteiger partial charge on any atom is 0.0995 e. The highest BCUT2D eigenvalue weighted by Crippen LogP contribution is 2.49. The number of hydrogen-bond acceptors (Lipinski definition) is 4. The van der Waals surface area contributed by atoms with Gasteiger partial charge < -0.3 is 19.0 Å². The summed E-state index contributed by atoms with van der Waals surface area (Å²) in [5.41, 5.74) is 15.0. The Morgan fingerprint density at radius 2 is 0.719 bits per heavy atom. The Balaban J connectivity index is 0.000000143. The van der Waals surface area contributed by atoms with Crippen molar-refractivity contribution in [3.05, 3.63) is 192 Å². The first-order chi connectivity index (χ1) is 31.6. The molecule has 4 fully saturated rings. The van der Waals surface area contributed by atoms with E-state index in [1.54, 1.807) is 0 Å². The van der Waals surface area contributed by atoms with Crippen molar-refractivity contribution >= 4 is 11.0 Å². The van der Waals surface area contributed by atoms with Crippen molar-refractivity contribution in [2.45, 2.75) is 113 Å². The van der Waals surface area contributed by atoms with E-state index in [1.165, 1.54) is 70.2 Å². The first kappa shape index (κ1) is 40.9. The summed E-state index contributed by atoms with van der Waals surface area (Å²) in [5, 5.41) is 23.0. The molecule has 0 aliphatic heterocycles. The Bertz CT molecular complexity index is 2590. The second-order valence-electron chi connectivity index (χ2n) is 19.4. The summed E-state index contributed by atoms with van der Waals surface area (Å²) in [7, 11) is 0. The van der Waals surface area contributed by atoms with E-state index in [-0.39, 0.29) is 0 Å². The highest BCUT2D eigenvalue weighted by atomic mass is 16.3. The zero-order chi connectivity index (χ0) is 43.0. The number of hydrogen-bond donors (Lipinski definition) is 2. The molecule has 4 aromatic heterocycles. The van der Waals surface area contributed by atoms with Crippen LogP contribution in [0.2, 0.25) is 0 Å². The van der Waals surface area contributed by atoms with Gasteiger partial charge in [0.25, 0.3) is 0 Å². The summed E-state index contributed by atoms with van der Waals surface area (Å²) in [5.74, 6) is 3.06. The lowest BCUT2D eigenvalue weighted by molar-refractivity contribution is 0.0753. The molecule has 2 N–H and O–H groups in total. The average molecular weight is 845 g/mol. The van der Waals surface area contributed by atoms with Gasteiger partial charge in [0.2, 0.25) is 0 Å². The monoisotopic (exact) mass is 844 g/mol. The molecule has 0 bridgehead atoms. The molecule has 0 spiro atoms. The van der Waals surface area contributed by atoms with E-state index in [4.69, 9.17) is 0 Å². The molecular weight excluding hydrogens is 785 g/mol. The SMILES string of the molecule is O[C@@H](c1c(C2CC2)ccc2cncn12)C1CCC(c2ccc(-c3ccccc3)cc2)CC1.O[C@H](c1c(C2CC2)ccc2cncn12)C1CCC(c2ccc(-c3ccccc3)cc2)CC1. The Hall–Kier alpha value is -5.82. The fourth-order valence-electron chi connectivity index (χ4n) is 11.3. The van der Waals surface area contributed by atoms with Gasteiger partial charge in [-0.2, -0.15) is 0 Å². The van der Waals surface area contributed by atoms with E-state index in [2.05, 4.69) is 152 Å². The predicted octanol–water partition coefficient (Wildman–Crippen LogP) is 13.8. The van der Waals surface area contributed by atoms with Crippen LogP contribution in [0.5, 0.6) is 0 Å². The van der Waals surface area contributed by atoms with Crippen LogP contribution in [0.4, 0.5) is 0 Å². The van der Waals surface area contributed by atoms with Crippen LogP contribution < -0.4 is 0 Å². The molecular formula is C58H60N4O2. The minimum Gasteiger partial charge on any atom is -0.387 e. The molecule has 4 aliphatic rings. The van der Waals surface area contributed by atoms with Gasteiger partial charge in [-0.15, -0.1) is 0 Å². The van der Waals surface area contributed by atoms with Gasteiger partial charge in [0, 0.05) is 0 Å². The maximum atomic E-state index is 11.5. The molecule has 0 radical (unpaired) electrons. The number of imidazole rings is 2. The van der Waals surface area contributed by atoms with Crippen LogP contribution in [-0.4, -0.2) is 29.0 Å². The molecule has 324 valence electrons. The molecule has 0 saturated heterocycles. The number of benzene rings is 4. The van der Waals surface area contributed by atoms with E-state index >= 15 is 0 Å². The number of aliphatic hydroxyl groups is 2. The average Bonchev–Trinajstić information content (AvgIpc) is 4.30. The van der Waals surface area contributed by atoms with Crippen LogP contribution >= 0.6 is 0 Å². The van der Waals surface area contributed by atoms with Crippen LogP contribution in [-0.2, 0) is 0 Å². The van der Waals surface area contributed by atoms with Crippen molar-refractivity contribution in [1.29, 1.82) is 0 Å². The molecule has 4 heterocycles. The molecule has 8 aromatic rings. The normalized spacial score (nSPS) is 22.2. The summed E-state index contributed by atoms with van der Waals surface area (Å²) in [4.78, 5) is 8.69. The zero-order valence-electron chi connectivity index (χ0n) is 36.8. The van der Waals surface area contributed by atoms with Gasteiger partial charge in [0.05, 0.1) is 59.7 Å². The number of aromatic nitrogens is 4.